The maximum absolute atomic E-state index is 11.2. The lowest BCUT2D eigenvalue weighted by Gasteiger charge is -2.08. The van der Waals surface area contributed by atoms with Gasteiger partial charge in [0.1, 0.15) is 0 Å². The minimum absolute atomic E-state index is 0.0304. The highest BCUT2D eigenvalue weighted by atomic mass is 16.5. The zero-order valence-electron chi connectivity index (χ0n) is 19.8. The molecule has 0 bridgehead atoms. The second-order valence-corrected chi connectivity index (χ2v) is 4.64. The molecule has 2 N–H and O–H groups in total. The zero-order chi connectivity index (χ0) is 22.5. The number of ether oxygens (including phenoxy) is 3. The Balaban J connectivity index is -0.000000434. The normalized spacial score (nSPS) is 8.86. The number of carbonyl (C=O) groups excluding carboxylic acids is 2. The molecule has 0 aliphatic heterocycles. The monoisotopic (exact) mass is 408 g/mol. The minimum atomic E-state index is 0.0304. The lowest BCUT2D eigenvalue weighted by molar-refractivity contribution is -0.122. The predicted molar refractivity (Wildman–Crippen MR) is 118 cm³/mol. The van der Waals surface area contributed by atoms with Crippen molar-refractivity contribution >= 4 is 11.8 Å². The molecule has 0 atom stereocenters. The molecule has 2 amide bonds. The van der Waals surface area contributed by atoms with Gasteiger partial charge in [-0.3, -0.25) is 9.59 Å². The molecule has 0 aliphatic carbocycles. The van der Waals surface area contributed by atoms with Crippen molar-refractivity contribution in [3.05, 3.63) is 0 Å². The van der Waals surface area contributed by atoms with Crippen molar-refractivity contribution < 1.29 is 23.8 Å². The minimum Gasteiger partial charge on any atom is -0.377 e. The third-order valence-electron chi connectivity index (χ3n) is 2.68. The standard InChI is InChI=1S/C15H30N2O5.3C2H6/c1-3-5-15(19)17-7-9-21-11-13-22-12-10-20-8-6-16-14(18)4-2;3*1-2/h3-13H2,1-2H3,(H,16,18)(H,17,19);3*1-2H3. The Morgan fingerprint density at radius 1 is 0.607 bits per heavy atom. The van der Waals surface area contributed by atoms with Crippen LogP contribution in [-0.2, 0) is 23.8 Å². The van der Waals surface area contributed by atoms with Crippen LogP contribution in [-0.4, -0.2) is 64.5 Å². The van der Waals surface area contributed by atoms with Gasteiger partial charge >= 0.3 is 0 Å². The molecule has 0 aromatic heterocycles. The summed E-state index contributed by atoms with van der Waals surface area (Å²) in [4.78, 5) is 22.1. The number of hydrogen-bond acceptors (Lipinski definition) is 5. The first-order chi connectivity index (χ1) is 13.7. The van der Waals surface area contributed by atoms with E-state index in [1.807, 2.05) is 55.4 Å². The lowest BCUT2D eigenvalue weighted by Crippen LogP contribution is -2.27. The van der Waals surface area contributed by atoms with Crippen molar-refractivity contribution in [1.82, 2.24) is 10.6 Å². The average Bonchev–Trinajstić information content (AvgIpc) is 2.75. The molecule has 0 heterocycles. The second-order valence-electron chi connectivity index (χ2n) is 4.64. The van der Waals surface area contributed by atoms with E-state index < -0.39 is 0 Å². The predicted octanol–water partition coefficient (Wildman–Crippen LogP) is 3.56. The first-order valence-corrected chi connectivity index (χ1v) is 11.0. The van der Waals surface area contributed by atoms with E-state index >= 15 is 0 Å². The summed E-state index contributed by atoms with van der Waals surface area (Å²) in [6.07, 6.45) is 1.91. The fourth-order valence-electron chi connectivity index (χ4n) is 1.51. The van der Waals surface area contributed by atoms with Gasteiger partial charge in [-0.2, -0.15) is 0 Å². The second kappa shape index (κ2) is 36.7. The summed E-state index contributed by atoms with van der Waals surface area (Å²) in [6.45, 7) is 19.8. The zero-order valence-corrected chi connectivity index (χ0v) is 19.8. The molecule has 0 saturated carbocycles. The van der Waals surface area contributed by atoms with Crippen molar-refractivity contribution in [1.29, 1.82) is 0 Å². The summed E-state index contributed by atoms with van der Waals surface area (Å²) in [6, 6.07) is 0. The van der Waals surface area contributed by atoms with Crippen LogP contribution in [0.2, 0.25) is 0 Å². The maximum atomic E-state index is 11.2. The van der Waals surface area contributed by atoms with Crippen molar-refractivity contribution in [2.75, 3.05) is 52.7 Å². The molecule has 0 unspecified atom stereocenters. The number of hydrogen-bond donors (Lipinski definition) is 2. The Labute approximate surface area is 174 Å². The molecule has 0 fully saturated rings. The number of rotatable bonds is 15. The van der Waals surface area contributed by atoms with Crippen LogP contribution in [0.15, 0.2) is 0 Å². The molecule has 0 radical (unpaired) electrons. The summed E-state index contributed by atoms with van der Waals surface area (Å²) < 4.78 is 15.9. The van der Waals surface area contributed by atoms with Gasteiger partial charge in [0.15, 0.2) is 0 Å². The van der Waals surface area contributed by atoms with Gasteiger partial charge in [0, 0.05) is 25.9 Å². The van der Waals surface area contributed by atoms with Crippen molar-refractivity contribution in [2.24, 2.45) is 0 Å². The molecule has 28 heavy (non-hydrogen) atoms. The smallest absolute Gasteiger partial charge is 0.220 e. The average molecular weight is 409 g/mol. The van der Waals surface area contributed by atoms with E-state index in [2.05, 4.69) is 10.6 Å². The van der Waals surface area contributed by atoms with Crippen molar-refractivity contribution in [3.8, 4) is 0 Å². The number of amides is 2. The molecule has 0 rings (SSSR count). The third-order valence-corrected chi connectivity index (χ3v) is 2.68. The van der Waals surface area contributed by atoms with E-state index in [1.54, 1.807) is 0 Å². The molecular formula is C21H48N2O5. The molecule has 7 heteroatoms. The van der Waals surface area contributed by atoms with E-state index in [1.165, 1.54) is 0 Å². The highest BCUT2D eigenvalue weighted by molar-refractivity contribution is 5.75. The Morgan fingerprint density at radius 2 is 0.964 bits per heavy atom. The van der Waals surface area contributed by atoms with E-state index in [-0.39, 0.29) is 11.8 Å². The summed E-state index contributed by atoms with van der Waals surface area (Å²) in [5, 5.41) is 5.50. The fraction of sp³-hybridized carbons (Fsp3) is 0.905. The largest absolute Gasteiger partial charge is 0.377 e. The highest BCUT2D eigenvalue weighted by Crippen LogP contribution is 1.85. The van der Waals surface area contributed by atoms with Gasteiger partial charge in [-0.1, -0.05) is 55.4 Å². The quantitative estimate of drug-likeness (QED) is 0.405. The van der Waals surface area contributed by atoms with E-state index in [4.69, 9.17) is 14.2 Å². The number of carbonyl (C=O) groups is 2. The summed E-state index contributed by atoms with van der Waals surface area (Å²) in [5.74, 6) is 0.0949. The Bertz CT molecular complexity index is 290. The van der Waals surface area contributed by atoms with Gasteiger partial charge in [-0.05, 0) is 6.42 Å². The van der Waals surface area contributed by atoms with Crippen LogP contribution in [0.4, 0.5) is 0 Å². The van der Waals surface area contributed by atoms with Gasteiger partial charge in [-0.25, -0.2) is 0 Å². The maximum Gasteiger partial charge on any atom is 0.220 e. The summed E-state index contributed by atoms with van der Waals surface area (Å²) in [7, 11) is 0. The van der Waals surface area contributed by atoms with E-state index in [0.29, 0.717) is 65.6 Å². The van der Waals surface area contributed by atoms with E-state index in [0.717, 1.165) is 6.42 Å². The van der Waals surface area contributed by atoms with Crippen molar-refractivity contribution in [3.63, 3.8) is 0 Å². The molecule has 172 valence electrons. The van der Waals surface area contributed by atoms with Crippen LogP contribution >= 0.6 is 0 Å². The first kappa shape index (κ1) is 34.3. The Hall–Kier alpha value is -1.18. The van der Waals surface area contributed by atoms with Gasteiger partial charge < -0.3 is 24.8 Å². The third kappa shape index (κ3) is 35.8. The van der Waals surface area contributed by atoms with Crippen LogP contribution in [0.1, 0.15) is 74.7 Å². The SMILES string of the molecule is CC.CC.CC.CCCC(=O)NCCOCCOCCOCCNC(=O)CC. The molecule has 0 saturated heterocycles. The van der Waals surface area contributed by atoms with Gasteiger partial charge in [0.05, 0.1) is 39.6 Å². The topological polar surface area (TPSA) is 85.9 Å². The van der Waals surface area contributed by atoms with Gasteiger partial charge in [0.2, 0.25) is 11.8 Å². The van der Waals surface area contributed by atoms with Gasteiger partial charge in [0.25, 0.3) is 0 Å². The Morgan fingerprint density at radius 3 is 1.32 bits per heavy atom. The molecule has 0 aliphatic rings. The molecule has 0 aromatic rings. The summed E-state index contributed by atoms with van der Waals surface area (Å²) in [5.41, 5.74) is 0. The first-order valence-electron chi connectivity index (χ1n) is 11.0. The van der Waals surface area contributed by atoms with Crippen molar-refractivity contribution in [2.45, 2.75) is 74.7 Å². The highest BCUT2D eigenvalue weighted by Gasteiger charge is 1.98. The fourth-order valence-corrected chi connectivity index (χ4v) is 1.51. The Kier molecular flexibility index (Phi) is 45.0. The number of nitrogens with one attached hydrogen (secondary N) is 2. The van der Waals surface area contributed by atoms with Crippen LogP contribution in [0.3, 0.4) is 0 Å². The van der Waals surface area contributed by atoms with Gasteiger partial charge in [-0.15, -0.1) is 0 Å². The van der Waals surface area contributed by atoms with Crippen LogP contribution in [0, 0.1) is 0 Å². The van der Waals surface area contributed by atoms with E-state index in [9.17, 15) is 9.59 Å². The molecule has 7 nitrogen and oxygen atoms in total. The molecule has 0 spiro atoms. The summed E-state index contributed by atoms with van der Waals surface area (Å²) >= 11 is 0. The molecule has 0 aromatic carbocycles. The lowest BCUT2D eigenvalue weighted by atomic mass is 10.3. The molecular weight excluding hydrogens is 360 g/mol. The van der Waals surface area contributed by atoms with Crippen LogP contribution in [0.25, 0.3) is 0 Å². The van der Waals surface area contributed by atoms with Crippen LogP contribution < -0.4 is 10.6 Å². The van der Waals surface area contributed by atoms with Crippen LogP contribution in [0.5, 0.6) is 0 Å².